The van der Waals surface area contributed by atoms with Crippen LogP contribution in [0.4, 0.5) is 5.82 Å². The number of aromatic nitrogens is 6. The fourth-order valence-electron chi connectivity index (χ4n) is 7.40. The van der Waals surface area contributed by atoms with Crippen molar-refractivity contribution in [2.45, 2.75) is 69.2 Å². The first-order chi connectivity index (χ1) is 22.4. The Kier molecular flexibility index (Phi) is 7.61. The van der Waals surface area contributed by atoms with Gasteiger partial charge in [-0.25, -0.2) is 18.4 Å². The molecular weight excluding hydrogens is 619 g/mol. The number of fused-ring (bicyclic) bond motifs is 3. The molecule has 0 radical (unpaired) electrons. The second kappa shape index (κ2) is 11.8. The number of aromatic amines is 1. The molecule has 1 saturated heterocycles. The molecule has 5 aromatic rings. The van der Waals surface area contributed by atoms with Gasteiger partial charge in [-0.1, -0.05) is 19.9 Å². The van der Waals surface area contributed by atoms with Crippen molar-refractivity contribution in [3.63, 3.8) is 0 Å². The van der Waals surface area contributed by atoms with Gasteiger partial charge in [-0.05, 0) is 79.5 Å². The average molecular weight is 656 g/mol. The van der Waals surface area contributed by atoms with Gasteiger partial charge in [0.25, 0.3) is 0 Å². The zero-order valence-electron chi connectivity index (χ0n) is 26.0. The van der Waals surface area contributed by atoms with Crippen LogP contribution in [0.15, 0.2) is 47.9 Å². The maximum absolute atomic E-state index is 14.1. The van der Waals surface area contributed by atoms with Crippen LogP contribution in [0.5, 0.6) is 0 Å². The van der Waals surface area contributed by atoms with E-state index in [9.17, 15) is 8.42 Å². The molecule has 238 valence electrons. The first-order valence-electron chi connectivity index (χ1n) is 16.2. The van der Waals surface area contributed by atoms with E-state index in [4.69, 9.17) is 14.7 Å². The predicted octanol–water partition coefficient (Wildman–Crippen LogP) is 6.52. The van der Waals surface area contributed by atoms with Gasteiger partial charge >= 0.3 is 0 Å². The minimum Gasteiger partial charge on any atom is -0.381 e. The molecule has 12 heteroatoms. The number of anilines is 1. The van der Waals surface area contributed by atoms with Crippen molar-refractivity contribution in [3.05, 3.63) is 65.6 Å². The van der Waals surface area contributed by atoms with Crippen molar-refractivity contribution in [1.82, 2.24) is 30.1 Å². The van der Waals surface area contributed by atoms with Gasteiger partial charge in [-0.15, -0.1) is 11.3 Å². The number of pyridine rings is 3. The summed E-state index contributed by atoms with van der Waals surface area (Å²) in [5, 5.41) is 11.9. The first-order valence-corrected chi connectivity index (χ1v) is 18.7. The van der Waals surface area contributed by atoms with Crippen LogP contribution >= 0.6 is 11.3 Å². The van der Waals surface area contributed by atoms with Crippen LogP contribution in [-0.2, 0) is 27.4 Å². The van der Waals surface area contributed by atoms with Crippen molar-refractivity contribution < 1.29 is 13.2 Å². The Morgan fingerprint density at radius 1 is 1.09 bits per heavy atom. The maximum Gasteiger partial charge on any atom is 0.181 e. The molecule has 3 aliphatic rings. The van der Waals surface area contributed by atoms with Crippen molar-refractivity contribution >= 4 is 37.1 Å². The molecule has 0 aromatic carbocycles. The largest absolute Gasteiger partial charge is 0.381 e. The third-order valence-electron chi connectivity index (χ3n) is 9.86. The minimum atomic E-state index is -3.62. The second-order valence-corrected chi connectivity index (χ2v) is 16.1. The third-order valence-corrected chi connectivity index (χ3v) is 12.9. The number of ether oxygens (including phenoxy) is 1. The highest BCUT2D eigenvalue weighted by Gasteiger charge is 2.43. The SMILES string of the molecule is CC(C)C1CS(=O)(=O)c2c1nc(CCC1CCOCC1)c(-c1ncn[nH]1)c2-c1cc2ccnc(N[C@H]3CCc4ncccc43)c2s1. The Labute approximate surface area is 272 Å². The molecule has 1 unspecified atom stereocenters. The van der Waals surface area contributed by atoms with E-state index in [1.807, 2.05) is 24.5 Å². The summed E-state index contributed by atoms with van der Waals surface area (Å²) in [4.78, 5) is 20.3. The quantitative estimate of drug-likeness (QED) is 0.191. The van der Waals surface area contributed by atoms with E-state index in [2.05, 4.69) is 51.5 Å². The lowest BCUT2D eigenvalue weighted by molar-refractivity contribution is 0.0639. The highest BCUT2D eigenvalue weighted by molar-refractivity contribution is 7.92. The van der Waals surface area contributed by atoms with Crippen LogP contribution in [-0.4, -0.2) is 57.5 Å². The maximum atomic E-state index is 14.1. The second-order valence-electron chi connectivity index (χ2n) is 13.0. The number of sulfone groups is 1. The number of thiophene rings is 1. The number of hydrogen-bond acceptors (Lipinski definition) is 10. The minimum absolute atomic E-state index is 0.0631. The van der Waals surface area contributed by atoms with Gasteiger partial charge in [0.1, 0.15) is 12.1 Å². The molecule has 0 bridgehead atoms. The van der Waals surface area contributed by atoms with E-state index in [1.54, 1.807) is 11.3 Å². The molecule has 8 rings (SSSR count). The number of hydrogen-bond donors (Lipinski definition) is 2. The van der Waals surface area contributed by atoms with Crippen molar-refractivity contribution in [2.75, 3.05) is 24.3 Å². The van der Waals surface area contributed by atoms with Gasteiger partial charge in [0.2, 0.25) is 0 Å². The van der Waals surface area contributed by atoms with E-state index < -0.39 is 9.84 Å². The Hall–Kier alpha value is -3.74. The lowest BCUT2D eigenvalue weighted by atomic mass is 9.89. The van der Waals surface area contributed by atoms with Gasteiger partial charge in [0, 0.05) is 47.7 Å². The molecule has 1 fully saturated rings. The molecule has 5 aromatic heterocycles. The molecule has 0 spiro atoms. The summed E-state index contributed by atoms with van der Waals surface area (Å²) in [6, 6.07) is 8.33. The van der Waals surface area contributed by atoms with Crippen LogP contribution < -0.4 is 5.32 Å². The van der Waals surface area contributed by atoms with Crippen LogP contribution in [0.2, 0.25) is 0 Å². The Morgan fingerprint density at radius 3 is 2.76 bits per heavy atom. The number of H-pyrrole nitrogens is 1. The summed E-state index contributed by atoms with van der Waals surface area (Å²) in [6.45, 7) is 5.74. The zero-order valence-corrected chi connectivity index (χ0v) is 27.6. The third kappa shape index (κ3) is 5.20. The molecule has 46 heavy (non-hydrogen) atoms. The predicted molar refractivity (Wildman–Crippen MR) is 179 cm³/mol. The number of rotatable bonds is 8. The molecular formula is C34H37N7O3S2. The summed E-state index contributed by atoms with van der Waals surface area (Å²) < 4.78 is 34.8. The van der Waals surface area contributed by atoms with E-state index >= 15 is 0 Å². The normalized spacial score (nSPS) is 20.8. The van der Waals surface area contributed by atoms with Gasteiger partial charge in [0.15, 0.2) is 15.7 Å². The zero-order chi connectivity index (χ0) is 31.4. The number of aryl methyl sites for hydroxylation is 2. The topological polar surface area (TPSA) is 136 Å². The van der Waals surface area contributed by atoms with Gasteiger partial charge in [-0.2, -0.15) is 5.10 Å². The molecule has 0 amide bonds. The standard InChI is InChI=1S/C34H37N7O3S2/c1-19(2)23-17-46(42,43)32-29(28(33-37-18-38-41-33)26(39-30(23)32)6-5-20-10-14-44-15-11-20)27-16-21-9-13-36-34(31(21)45-27)40-25-8-7-24-22(25)4-3-12-35-24/h3-4,9,12-13,16,18-20,23,25H,5-8,10-11,14-15,17H2,1-2H3,(H,36,40)(H,37,38,41)/t23?,25-/m0/s1. The van der Waals surface area contributed by atoms with E-state index in [1.165, 1.54) is 11.9 Å². The van der Waals surface area contributed by atoms with Crippen LogP contribution in [0.1, 0.15) is 74.1 Å². The summed E-state index contributed by atoms with van der Waals surface area (Å²) in [5.74, 6) is 1.90. The summed E-state index contributed by atoms with van der Waals surface area (Å²) in [5.41, 5.74) is 5.33. The smallest absolute Gasteiger partial charge is 0.181 e. The fourth-order valence-corrected chi connectivity index (χ4v) is 10.9. The molecule has 0 saturated carbocycles. The summed E-state index contributed by atoms with van der Waals surface area (Å²) in [7, 11) is -3.62. The number of nitrogens with zero attached hydrogens (tertiary/aromatic N) is 5. The Morgan fingerprint density at radius 2 is 1.96 bits per heavy atom. The summed E-state index contributed by atoms with van der Waals surface area (Å²) in [6.07, 6.45) is 10.7. The molecule has 1 aliphatic carbocycles. The van der Waals surface area contributed by atoms with Crippen LogP contribution in [0.25, 0.3) is 31.9 Å². The average Bonchev–Trinajstić information content (AvgIpc) is 3.86. The van der Waals surface area contributed by atoms with E-state index in [0.29, 0.717) is 27.9 Å². The van der Waals surface area contributed by atoms with Crippen molar-refractivity contribution in [1.29, 1.82) is 0 Å². The highest BCUT2D eigenvalue weighted by atomic mass is 32.2. The van der Waals surface area contributed by atoms with Crippen LogP contribution in [0.3, 0.4) is 0 Å². The lowest BCUT2D eigenvalue weighted by Crippen LogP contribution is -2.17. The molecule has 7 heterocycles. The van der Waals surface area contributed by atoms with Gasteiger partial charge in [-0.3, -0.25) is 15.1 Å². The fraction of sp³-hybridized carbons (Fsp3) is 0.441. The van der Waals surface area contributed by atoms with E-state index in [0.717, 1.165) is 89.5 Å². The molecule has 10 nitrogen and oxygen atoms in total. The number of nitrogens with one attached hydrogen (secondary N) is 2. The highest BCUT2D eigenvalue weighted by Crippen LogP contribution is 2.51. The monoisotopic (exact) mass is 655 g/mol. The molecule has 2 aliphatic heterocycles. The Balaban J connectivity index is 1.30. The first kappa shape index (κ1) is 29.6. The van der Waals surface area contributed by atoms with E-state index in [-0.39, 0.29) is 23.6 Å². The molecule has 2 N–H and O–H groups in total. The van der Waals surface area contributed by atoms with Gasteiger partial charge in [0.05, 0.1) is 38.3 Å². The lowest BCUT2D eigenvalue weighted by Gasteiger charge is -2.23. The van der Waals surface area contributed by atoms with Crippen LogP contribution in [0, 0.1) is 11.8 Å². The van der Waals surface area contributed by atoms with Gasteiger partial charge < -0.3 is 10.1 Å². The van der Waals surface area contributed by atoms with Crippen molar-refractivity contribution in [3.8, 4) is 21.8 Å². The molecule has 2 atom stereocenters. The van der Waals surface area contributed by atoms with Crippen molar-refractivity contribution in [2.24, 2.45) is 11.8 Å². The summed E-state index contributed by atoms with van der Waals surface area (Å²) >= 11 is 1.57. The Bertz CT molecular complexity index is 2020.